The highest BCUT2D eigenvalue weighted by Gasteiger charge is 2.32. The number of para-hydroxylation sites is 1. The van der Waals surface area contributed by atoms with Gasteiger partial charge >= 0.3 is 6.03 Å². The molecule has 0 bridgehead atoms. The van der Waals surface area contributed by atoms with E-state index >= 15 is 0 Å². The van der Waals surface area contributed by atoms with Gasteiger partial charge in [0.05, 0.1) is 20.3 Å². The molecule has 3 aromatic rings. The summed E-state index contributed by atoms with van der Waals surface area (Å²) in [6, 6.07) is 15.0. The van der Waals surface area contributed by atoms with Gasteiger partial charge in [0, 0.05) is 49.5 Å². The average molecular weight is 422 g/mol. The van der Waals surface area contributed by atoms with Crippen molar-refractivity contribution >= 4 is 28.5 Å². The molecule has 8 heteroatoms. The molecule has 0 aliphatic carbocycles. The van der Waals surface area contributed by atoms with Gasteiger partial charge in [-0.25, -0.2) is 4.79 Å². The van der Waals surface area contributed by atoms with Crippen molar-refractivity contribution in [2.45, 2.75) is 19.0 Å². The maximum atomic E-state index is 12.5. The highest BCUT2D eigenvalue weighted by molar-refractivity contribution is 5.97. The molecule has 3 amide bonds. The number of amides is 3. The first-order chi connectivity index (χ1) is 15.1. The van der Waals surface area contributed by atoms with E-state index in [0.29, 0.717) is 36.8 Å². The molecule has 162 valence electrons. The number of fused-ring (bicyclic) bond motifs is 1. The molecular weight excluding hydrogens is 396 g/mol. The first-order valence-corrected chi connectivity index (χ1v) is 10.2. The fraction of sp³-hybridized carbons (Fsp3) is 0.304. The van der Waals surface area contributed by atoms with Crippen LogP contribution >= 0.6 is 0 Å². The number of nitrogens with one attached hydrogen (secondary N) is 2. The number of benzene rings is 2. The van der Waals surface area contributed by atoms with E-state index in [1.165, 1.54) is 5.39 Å². The average Bonchev–Trinajstić information content (AvgIpc) is 3.36. The smallest absolute Gasteiger partial charge is 0.315 e. The van der Waals surface area contributed by atoms with Gasteiger partial charge in [0.1, 0.15) is 0 Å². The molecule has 0 saturated carbocycles. The van der Waals surface area contributed by atoms with E-state index in [4.69, 9.17) is 9.47 Å². The number of carbonyl (C=O) groups is 2. The number of nitrogens with zero attached hydrogens (tertiary/aromatic N) is 2. The summed E-state index contributed by atoms with van der Waals surface area (Å²) >= 11 is 0. The largest absolute Gasteiger partial charge is 0.493 e. The molecule has 4 rings (SSSR count). The van der Waals surface area contributed by atoms with Crippen LogP contribution in [0.2, 0.25) is 0 Å². The molecule has 0 radical (unpaired) electrons. The maximum Gasteiger partial charge on any atom is 0.315 e. The van der Waals surface area contributed by atoms with E-state index in [1.54, 1.807) is 31.3 Å². The van der Waals surface area contributed by atoms with Gasteiger partial charge < -0.3 is 29.6 Å². The lowest BCUT2D eigenvalue weighted by atomic mass is 10.2. The van der Waals surface area contributed by atoms with Crippen LogP contribution in [0.3, 0.4) is 0 Å². The second-order valence-corrected chi connectivity index (χ2v) is 7.41. The molecule has 0 spiro atoms. The van der Waals surface area contributed by atoms with Crippen molar-refractivity contribution < 1.29 is 19.1 Å². The Morgan fingerprint density at radius 1 is 1.10 bits per heavy atom. The van der Waals surface area contributed by atoms with Crippen LogP contribution < -0.4 is 25.0 Å². The summed E-state index contributed by atoms with van der Waals surface area (Å²) in [5, 5.41) is 6.95. The zero-order chi connectivity index (χ0) is 21.8. The van der Waals surface area contributed by atoms with Crippen molar-refractivity contribution in [3.05, 3.63) is 54.7 Å². The third kappa shape index (κ3) is 4.42. The van der Waals surface area contributed by atoms with Gasteiger partial charge in [0.2, 0.25) is 5.91 Å². The minimum absolute atomic E-state index is 0.0451. The first kappa shape index (κ1) is 20.6. The summed E-state index contributed by atoms with van der Waals surface area (Å²) in [7, 11) is 3.12. The van der Waals surface area contributed by atoms with Crippen molar-refractivity contribution in [1.29, 1.82) is 0 Å². The molecule has 2 aromatic carbocycles. The Kier molecular flexibility index (Phi) is 5.97. The van der Waals surface area contributed by atoms with Crippen LogP contribution in [0.5, 0.6) is 11.5 Å². The van der Waals surface area contributed by atoms with Crippen LogP contribution in [0.15, 0.2) is 54.7 Å². The van der Waals surface area contributed by atoms with E-state index in [9.17, 15) is 9.59 Å². The summed E-state index contributed by atoms with van der Waals surface area (Å²) in [5.74, 6) is 1.11. The van der Waals surface area contributed by atoms with Crippen molar-refractivity contribution in [3.8, 4) is 11.5 Å². The van der Waals surface area contributed by atoms with E-state index in [-0.39, 0.29) is 24.4 Å². The van der Waals surface area contributed by atoms with Crippen LogP contribution in [-0.4, -0.2) is 49.9 Å². The lowest BCUT2D eigenvalue weighted by Crippen LogP contribution is -2.44. The predicted octanol–water partition coefficient (Wildman–Crippen LogP) is 2.76. The monoisotopic (exact) mass is 422 g/mol. The fourth-order valence-corrected chi connectivity index (χ4v) is 3.91. The van der Waals surface area contributed by atoms with Gasteiger partial charge in [0.25, 0.3) is 0 Å². The number of carbonyl (C=O) groups excluding carboxylic acids is 2. The molecule has 2 N–H and O–H groups in total. The van der Waals surface area contributed by atoms with E-state index in [0.717, 1.165) is 5.52 Å². The van der Waals surface area contributed by atoms with Crippen LogP contribution in [0.25, 0.3) is 10.9 Å². The number of hydrogen-bond acceptors (Lipinski definition) is 4. The standard InChI is InChI=1S/C23H26N4O4/c1-30-20-8-7-18(14-21(20)31-2)27-15-17(13-22(27)28)25-23(29)24-10-12-26-11-9-16-5-3-4-6-19(16)26/h3-9,11,14,17H,10,12-13,15H2,1-2H3,(H2,24,25,29). The molecular formula is C23H26N4O4. The molecule has 1 aliphatic heterocycles. The highest BCUT2D eigenvalue weighted by atomic mass is 16.5. The lowest BCUT2D eigenvalue weighted by molar-refractivity contribution is -0.117. The molecule has 1 aromatic heterocycles. The maximum absolute atomic E-state index is 12.5. The number of hydrogen-bond donors (Lipinski definition) is 2. The predicted molar refractivity (Wildman–Crippen MR) is 119 cm³/mol. The minimum Gasteiger partial charge on any atom is -0.493 e. The summed E-state index contributed by atoms with van der Waals surface area (Å²) < 4.78 is 12.7. The highest BCUT2D eigenvalue weighted by Crippen LogP contribution is 2.33. The first-order valence-electron chi connectivity index (χ1n) is 10.2. The molecule has 1 atom stereocenters. The Hall–Kier alpha value is -3.68. The van der Waals surface area contributed by atoms with Crippen molar-refractivity contribution in [2.24, 2.45) is 0 Å². The Morgan fingerprint density at radius 3 is 2.71 bits per heavy atom. The summed E-state index contributed by atoms with van der Waals surface area (Å²) in [4.78, 5) is 26.5. The topological polar surface area (TPSA) is 84.8 Å². The molecule has 8 nitrogen and oxygen atoms in total. The van der Waals surface area contributed by atoms with Gasteiger partial charge in [-0.1, -0.05) is 18.2 Å². The Morgan fingerprint density at radius 2 is 1.90 bits per heavy atom. The Balaban J connectivity index is 1.30. The fourth-order valence-electron chi connectivity index (χ4n) is 3.91. The van der Waals surface area contributed by atoms with Crippen LogP contribution in [-0.2, 0) is 11.3 Å². The van der Waals surface area contributed by atoms with Gasteiger partial charge in [-0.15, -0.1) is 0 Å². The zero-order valence-electron chi connectivity index (χ0n) is 17.6. The quantitative estimate of drug-likeness (QED) is 0.613. The summed E-state index contributed by atoms with van der Waals surface area (Å²) in [6.45, 7) is 1.57. The molecule has 1 aliphatic rings. The van der Waals surface area contributed by atoms with E-state index in [1.807, 2.05) is 24.4 Å². The van der Waals surface area contributed by atoms with E-state index in [2.05, 4.69) is 33.4 Å². The number of methoxy groups -OCH3 is 2. The third-order valence-electron chi connectivity index (χ3n) is 5.46. The molecule has 1 saturated heterocycles. The van der Waals surface area contributed by atoms with Crippen LogP contribution in [0.4, 0.5) is 10.5 Å². The normalized spacial score (nSPS) is 15.9. The van der Waals surface area contributed by atoms with Crippen molar-refractivity contribution in [2.75, 3.05) is 32.2 Å². The molecule has 2 heterocycles. The van der Waals surface area contributed by atoms with Gasteiger partial charge in [-0.05, 0) is 29.7 Å². The number of ether oxygens (including phenoxy) is 2. The second kappa shape index (κ2) is 8.99. The van der Waals surface area contributed by atoms with Gasteiger partial charge in [0.15, 0.2) is 11.5 Å². The minimum atomic E-state index is -0.275. The number of rotatable bonds is 7. The summed E-state index contributed by atoms with van der Waals surface area (Å²) in [5.41, 5.74) is 1.85. The number of aromatic nitrogens is 1. The SMILES string of the molecule is COc1ccc(N2CC(NC(=O)NCCn3ccc4ccccc43)CC2=O)cc1OC. The van der Waals surface area contributed by atoms with Crippen LogP contribution in [0, 0.1) is 0 Å². The number of urea groups is 1. The molecule has 31 heavy (non-hydrogen) atoms. The van der Waals surface area contributed by atoms with Gasteiger partial charge in [-0.2, -0.15) is 0 Å². The Labute approximate surface area is 180 Å². The summed E-state index contributed by atoms with van der Waals surface area (Å²) in [6.07, 6.45) is 2.27. The molecule has 1 unspecified atom stereocenters. The Bertz CT molecular complexity index is 1090. The lowest BCUT2D eigenvalue weighted by Gasteiger charge is -2.19. The van der Waals surface area contributed by atoms with Gasteiger partial charge in [-0.3, -0.25) is 4.79 Å². The van der Waals surface area contributed by atoms with E-state index < -0.39 is 0 Å². The second-order valence-electron chi connectivity index (χ2n) is 7.41. The van der Waals surface area contributed by atoms with Crippen molar-refractivity contribution in [3.63, 3.8) is 0 Å². The number of anilines is 1. The third-order valence-corrected chi connectivity index (χ3v) is 5.46. The molecule has 1 fully saturated rings. The van der Waals surface area contributed by atoms with Crippen molar-refractivity contribution in [1.82, 2.24) is 15.2 Å². The van der Waals surface area contributed by atoms with Crippen LogP contribution in [0.1, 0.15) is 6.42 Å². The zero-order valence-corrected chi connectivity index (χ0v) is 17.6.